The van der Waals surface area contributed by atoms with Gasteiger partial charge in [0, 0.05) is 6.04 Å². The van der Waals surface area contributed by atoms with Crippen LogP contribution in [0.2, 0.25) is 0 Å². The average molecular weight is 207 g/mol. The molecule has 0 heterocycles. The van der Waals surface area contributed by atoms with Crippen molar-refractivity contribution in [3.05, 3.63) is 0 Å². The number of nitrogens with two attached hydrogens (primary N) is 1. The van der Waals surface area contributed by atoms with Crippen LogP contribution in [0.1, 0.15) is 58.3 Å². The molecule has 0 radical (unpaired) electrons. The Morgan fingerprint density at radius 1 is 1.07 bits per heavy atom. The van der Waals surface area contributed by atoms with E-state index in [1.54, 1.807) is 38.5 Å². The van der Waals surface area contributed by atoms with E-state index < -0.39 is 0 Å². The summed E-state index contributed by atoms with van der Waals surface area (Å²) in [5, 5.41) is 0. The number of hydrogen-bond donors (Lipinski definition) is 1. The van der Waals surface area contributed by atoms with Gasteiger partial charge in [-0.1, -0.05) is 0 Å². The van der Waals surface area contributed by atoms with Gasteiger partial charge in [-0.15, -0.1) is 0 Å². The lowest BCUT2D eigenvalue weighted by atomic mass is 9.48. The lowest BCUT2D eigenvalue weighted by molar-refractivity contribution is -0.0586. The van der Waals surface area contributed by atoms with E-state index in [2.05, 4.69) is 6.92 Å². The van der Waals surface area contributed by atoms with Gasteiger partial charge in [0.25, 0.3) is 0 Å². The fraction of sp³-hybridized carbons (Fsp3) is 1.00. The second-order valence-corrected chi connectivity index (χ2v) is 6.93. The van der Waals surface area contributed by atoms with Gasteiger partial charge in [-0.3, -0.25) is 0 Å². The molecule has 0 amide bonds. The van der Waals surface area contributed by atoms with Crippen molar-refractivity contribution in [2.45, 2.75) is 64.3 Å². The fourth-order valence-electron chi connectivity index (χ4n) is 5.13. The third-order valence-electron chi connectivity index (χ3n) is 5.30. The van der Waals surface area contributed by atoms with Crippen LogP contribution in [0, 0.1) is 23.2 Å². The van der Waals surface area contributed by atoms with Crippen LogP contribution >= 0.6 is 0 Å². The van der Waals surface area contributed by atoms with Gasteiger partial charge in [-0.05, 0) is 81.5 Å². The van der Waals surface area contributed by atoms with Crippen molar-refractivity contribution in [3.63, 3.8) is 0 Å². The molecule has 4 aliphatic rings. The van der Waals surface area contributed by atoms with E-state index in [4.69, 9.17) is 5.73 Å². The summed E-state index contributed by atoms with van der Waals surface area (Å²) >= 11 is 0. The first-order valence-electron chi connectivity index (χ1n) is 6.91. The average Bonchev–Trinajstić information content (AvgIpc) is 2.12. The van der Waals surface area contributed by atoms with E-state index >= 15 is 0 Å². The molecule has 4 rings (SSSR count). The van der Waals surface area contributed by atoms with Crippen LogP contribution in [-0.4, -0.2) is 6.04 Å². The van der Waals surface area contributed by atoms with Crippen molar-refractivity contribution in [1.29, 1.82) is 0 Å². The van der Waals surface area contributed by atoms with Crippen LogP contribution in [0.25, 0.3) is 0 Å². The fourth-order valence-corrected chi connectivity index (χ4v) is 5.13. The van der Waals surface area contributed by atoms with Crippen molar-refractivity contribution in [2.75, 3.05) is 0 Å². The summed E-state index contributed by atoms with van der Waals surface area (Å²) in [6, 6.07) is 0.415. The maximum absolute atomic E-state index is 5.92. The molecule has 2 N–H and O–H groups in total. The van der Waals surface area contributed by atoms with Gasteiger partial charge in [0.15, 0.2) is 0 Å². The SMILES string of the molecule is CC(N)CCC12CC3CC(CC(C3)C1)C2. The molecule has 4 saturated carbocycles. The molecule has 15 heavy (non-hydrogen) atoms. The Bertz CT molecular complexity index is 208. The molecule has 1 atom stereocenters. The van der Waals surface area contributed by atoms with Crippen molar-refractivity contribution in [1.82, 2.24) is 0 Å². The third-order valence-corrected chi connectivity index (χ3v) is 5.30. The van der Waals surface area contributed by atoms with Gasteiger partial charge >= 0.3 is 0 Å². The van der Waals surface area contributed by atoms with Crippen LogP contribution < -0.4 is 5.73 Å². The van der Waals surface area contributed by atoms with Gasteiger partial charge in [0.1, 0.15) is 0 Å². The van der Waals surface area contributed by atoms with Crippen molar-refractivity contribution in [2.24, 2.45) is 28.9 Å². The molecule has 0 aromatic carbocycles. The Kier molecular flexibility index (Phi) is 2.35. The summed E-state index contributed by atoms with van der Waals surface area (Å²) in [6.45, 7) is 2.17. The molecule has 0 spiro atoms. The Morgan fingerprint density at radius 3 is 1.93 bits per heavy atom. The smallest absolute Gasteiger partial charge is 0.00106 e. The molecule has 1 nitrogen and oxygen atoms in total. The topological polar surface area (TPSA) is 26.0 Å². The van der Waals surface area contributed by atoms with E-state index in [-0.39, 0.29) is 0 Å². The Labute approximate surface area is 93.8 Å². The normalized spacial score (nSPS) is 49.6. The predicted octanol–water partition coefficient (Wildman–Crippen LogP) is 3.33. The molecule has 4 aliphatic carbocycles. The van der Waals surface area contributed by atoms with E-state index in [9.17, 15) is 0 Å². The monoisotopic (exact) mass is 207 g/mol. The van der Waals surface area contributed by atoms with Gasteiger partial charge in [-0.2, -0.15) is 0 Å². The van der Waals surface area contributed by atoms with E-state index in [1.165, 1.54) is 12.8 Å². The highest BCUT2D eigenvalue weighted by molar-refractivity contribution is 5.01. The zero-order chi connectivity index (χ0) is 10.5. The molecular formula is C14H25N. The molecule has 0 aromatic heterocycles. The number of hydrogen-bond acceptors (Lipinski definition) is 1. The summed E-state index contributed by atoms with van der Waals surface area (Å²) in [5.41, 5.74) is 6.67. The second-order valence-electron chi connectivity index (χ2n) is 6.93. The van der Waals surface area contributed by atoms with Crippen LogP contribution in [-0.2, 0) is 0 Å². The summed E-state index contributed by atoms with van der Waals surface area (Å²) in [6.07, 6.45) is 12.0. The molecule has 86 valence electrons. The van der Waals surface area contributed by atoms with Gasteiger partial charge in [-0.25, -0.2) is 0 Å². The molecular weight excluding hydrogens is 182 g/mol. The lowest BCUT2D eigenvalue weighted by Gasteiger charge is -2.57. The van der Waals surface area contributed by atoms with Crippen molar-refractivity contribution in [3.8, 4) is 0 Å². The largest absolute Gasteiger partial charge is 0.328 e. The third kappa shape index (κ3) is 1.84. The van der Waals surface area contributed by atoms with Gasteiger partial charge in [0.2, 0.25) is 0 Å². The van der Waals surface area contributed by atoms with E-state index in [0.29, 0.717) is 6.04 Å². The lowest BCUT2D eigenvalue weighted by Crippen LogP contribution is -2.46. The zero-order valence-electron chi connectivity index (χ0n) is 10.0. The molecule has 0 aliphatic heterocycles. The summed E-state index contributed by atoms with van der Waals surface area (Å²) in [7, 11) is 0. The van der Waals surface area contributed by atoms with E-state index in [0.717, 1.165) is 23.2 Å². The Balaban J connectivity index is 1.70. The Hall–Kier alpha value is -0.0400. The highest BCUT2D eigenvalue weighted by Crippen LogP contribution is 2.61. The maximum Gasteiger partial charge on any atom is 0.00106 e. The molecule has 0 aromatic rings. The minimum absolute atomic E-state index is 0.415. The summed E-state index contributed by atoms with van der Waals surface area (Å²) < 4.78 is 0. The standard InChI is InChI=1S/C14H25N/c1-10(15)2-3-14-7-11-4-12(8-14)6-13(5-11)9-14/h10-13H,2-9,15H2,1H3. The Morgan fingerprint density at radius 2 is 1.53 bits per heavy atom. The van der Waals surface area contributed by atoms with E-state index in [1.807, 2.05) is 0 Å². The second kappa shape index (κ2) is 3.48. The molecule has 4 fully saturated rings. The summed E-state index contributed by atoms with van der Waals surface area (Å²) in [4.78, 5) is 0. The summed E-state index contributed by atoms with van der Waals surface area (Å²) in [5.74, 6) is 3.30. The predicted molar refractivity (Wildman–Crippen MR) is 63.5 cm³/mol. The van der Waals surface area contributed by atoms with Gasteiger partial charge in [0.05, 0.1) is 0 Å². The first kappa shape index (κ1) is 10.1. The first-order chi connectivity index (χ1) is 7.15. The van der Waals surface area contributed by atoms with Crippen molar-refractivity contribution >= 4 is 0 Å². The van der Waals surface area contributed by atoms with Crippen LogP contribution in [0.4, 0.5) is 0 Å². The highest BCUT2D eigenvalue weighted by Gasteiger charge is 2.50. The van der Waals surface area contributed by atoms with Crippen LogP contribution in [0.5, 0.6) is 0 Å². The van der Waals surface area contributed by atoms with Crippen molar-refractivity contribution < 1.29 is 0 Å². The highest BCUT2D eigenvalue weighted by atomic mass is 14.6. The molecule has 1 unspecified atom stereocenters. The van der Waals surface area contributed by atoms with Crippen LogP contribution in [0.3, 0.4) is 0 Å². The first-order valence-corrected chi connectivity index (χ1v) is 6.91. The minimum Gasteiger partial charge on any atom is -0.328 e. The molecule has 1 heteroatoms. The molecule has 0 saturated heterocycles. The van der Waals surface area contributed by atoms with Gasteiger partial charge < -0.3 is 5.73 Å². The zero-order valence-corrected chi connectivity index (χ0v) is 10.0. The maximum atomic E-state index is 5.92. The quantitative estimate of drug-likeness (QED) is 0.754. The van der Waals surface area contributed by atoms with Crippen LogP contribution in [0.15, 0.2) is 0 Å². The number of rotatable bonds is 3. The minimum atomic E-state index is 0.415. The molecule has 4 bridgehead atoms.